The number of phenolic OH excluding ortho intramolecular Hbond substituents is 1. The van der Waals surface area contributed by atoms with Crippen molar-refractivity contribution >= 4 is 11.7 Å². The molecule has 8 bridgehead atoms. The molecule has 2 aromatic rings. The van der Waals surface area contributed by atoms with E-state index in [1.165, 1.54) is 31.2 Å². The summed E-state index contributed by atoms with van der Waals surface area (Å²) in [5, 5.41) is 21.6. The van der Waals surface area contributed by atoms with Gasteiger partial charge in [-0.25, -0.2) is 0 Å². The Morgan fingerprint density at radius 2 is 1.43 bits per heavy atom. The molecule has 0 heterocycles. The summed E-state index contributed by atoms with van der Waals surface area (Å²) < 4.78 is 6.62. The maximum Gasteiger partial charge on any atom is 0.309 e. The number of carbonyl (C=O) groups is 1. The van der Waals surface area contributed by atoms with Crippen molar-refractivity contribution in [1.82, 2.24) is 0 Å². The highest BCUT2D eigenvalue weighted by Gasteiger charge is 2.63. The first-order valence-electron chi connectivity index (χ1n) is 15.6. The number of nitrogens with two attached hydrogens (primary N) is 1. The third kappa shape index (κ3) is 3.48. The molecule has 0 radical (unpaired) electrons. The molecule has 40 heavy (non-hydrogen) atoms. The van der Waals surface area contributed by atoms with Gasteiger partial charge in [0.2, 0.25) is 0 Å². The normalized spacial score (nSPS) is 44.2. The highest BCUT2D eigenvalue weighted by Crippen LogP contribution is 2.72. The number of benzene rings is 2. The van der Waals surface area contributed by atoms with E-state index in [1.807, 2.05) is 6.07 Å². The molecule has 0 aliphatic heterocycles. The number of anilines is 1. The zero-order valence-corrected chi connectivity index (χ0v) is 24.0. The number of ether oxygens (including phenoxy) is 1. The summed E-state index contributed by atoms with van der Waals surface area (Å²) in [6, 6.07) is 12.2. The topological polar surface area (TPSA) is 92.8 Å². The quantitative estimate of drug-likeness (QED) is 0.264. The summed E-state index contributed by atoms with van der Waals surface area (Å²) in [4.78, 5) is 12.4. The second-order valence-electron chi connectivity index (χ2n) is 16.2. The Bertz CT molecular complexity index is 1380. The van der Waals surface area contributed by atoms with E-state index < -0.39 is 11.4 Å². The molecule has 4 atom stereocenters. The Hall–Kier alpha value is -2.69. The fourth-order valence-corrected chi connectivity index (χ4v) is 12.8. The molecule has 0 saturated heterocycles. The largest absolute Gasteiger partial charge is 0.505 e. The number of carboxylic acids is 1. The van der Waals surface area contributed by atoms with E-state index in [9.17, 15) is 15.0 Å². The van der Waals surface area contributed by atoms with E-state index in [1.54, 1.807) is 6.07 Å². The first kappa shape index (κ1) is 25.1. The zero-order valence-electron chi connectivity index (χ0n) is 24.0. The number of aromatic hydroxyl groups is 1. The van der Waals surface area contributed by atoms with Gasteiger partial charge in [-0.1, -0.05) is 26.0 Å². The SMILES string of the molecule is CC12CC3CC(C)(C1)CC(c1c(Oc4ccc(C56CC7CC(CC(C(=O)O)(C7)C5)C6)cc4)ccc(N)c1O)(C3)C2. The van der Waals surface area contributed by atoms with Crippen LogP contribution in [0.3, 0.4) is 0 Å². The summed E-state index contributed by atoms with van der Waals surface area (Å²) in [5.74, 6) is 2.84. The second kappa shape index (κ2) is 7.77. The van der Waals surface area contributed by atoms with Crippen LogP contribution >= 0.6 is 0 Å². The number of carboxylic acid groups (broad SMARTS) is 1. The van der Waals surface area contributed by atoms with Crippen LogP contribution in [-0.4, -0.2) is 16.2 Å². The molecule has 4 N–H and O–H groups in total. The second-order valence-corrected chi connectivity index (χ2v) is 16.2. The van der Waals surface area contributed by atoms with Crippen LogP contribution in [0.25, 0.3) is 0 Å². The summed E-state index contributed by atoms with van der Waals surface area (Å²) in [6.07, 6.45) is 13.0. The first-order valence-corrected chi connectivity index (χ1v) is 15.6. The minimum atomic E-state index is -0.589. The monoisotopic (exact) mass is 541 g/mol. The molecule has 8 saturated carbocycles. The van der Waals surface area contributed by atoms with Crippen molar-refractivity contribution in [2.75, 3.05) is 5.73 Å². The molecule has 0 aromatic heterocycles. The van der Waals surface area contributed by atoms with Gasteiger partial charge in [0.05, 0.1) is 11.1 Å². The van der Waals surface area contributed by atoms with E-state index in [0.717, 1.165) is 68.4 Å². The lowest BCUT2D eigenvalue weighted by atomic mass is 9.39. The molecule has 5 nitrogen and oxygen atoms in total. The van der Waals surface area contributed by atoms with Crippen molar-refractivity contribution in [3.05, 3.63) is 47.5 Å². The van der Waals surface area contributed by atoms with Crippen molar-refractivity contribution in [1.29, 1.82) is 0 Å². The molecule has 5 heteroatoms. The number of aliphatic carboxylic acids is 1. The summed E-state index contributed by atoms with van der Waals surface area (Å²) in [5.41, 5.74) is 8.85. The lowest BCUT2D eigenvalue weighted by molar-refractivity contribution is -0.167. The minimum Gasteiger partial charge on any atom is -0.505 e. The maximum absolute atomic E-state index is 12.4. The Kier molecular flexibility index (Phi) is 4.87. The first-order chi connectivity index (χ1) is 18.9. The van der Waals surface area contributed by atoms with Crippen molar-refractivity contribution in [2.24, 2.45) is 34.0 Å². The minimum absolute atomic E-state index is 0.0320. The molecular weight excluding hydrogens is 498 g/mol. The number of nitrogen functional groups attached to an aromatic ring is 1. The number of hydrogen-bond donors (Lipinski definition) is 3. The highest BCUT2D eigenvalue weighted by atomic mass is 16.5. The van der Waals surface area contributed by atoms with E-state index in [4.69, 9.17) is 10.5 Å². The van der Waals surface area contributed by atoms with Crippen LogP contribution in [0.5, 0.6) is 17.2 Å². The Labute approximate surface area is 237 Å². The van der Waals surface area contributed by atoms with E-state index in [0.29, 0.717) is 34.3 Å². The number of rotatable bonds is 5. The van der Waals surface area contributed by atoms with Gasteiger partial charge < -0.3 is 20.7 Å². The van der Waals surface area contributed by atoms with Crippen LogP contribution in [0.1, 0.15) is 102 Å². The maximum atomic E-state index is 12.4. The zero-order chi connectivity index (χ0) is 27.7. The molecule has 2 aromatic carbocycles. The molecule has 8 aliphatic carbocycles. The van der Waals surface area contributed by atoms with Crippen LogP contribution < -0.4 is 10.5 Å². The average molecular weight is 542 g/mol. The molecule has 212 valence electrons. The van der Waals surface area contributed by atoms with Gasteiger partial charge in [0.15, 0.2) is 0 Å². The third-order valence-electron chi connectivity index (χ3n) is 12.5. The van der Waals surface area contributed by atoms with Gasteiger partial charge >= 0.3 is 5.97 Å². The Balaban J connectivity index is 1.13. The average Bonchev–Trinajstić information content (AvgIpc) is 2.83. The Morgan fingerprint density at radius 3 is 2.02 bits per heavy atom. The standard InChI is InChI=1S/C35H43NO4/c1-31-10-23-11-32(2,17-31)19-35(16-23,18-31)28-27(8-7-26(36)29(28)37)40-25-5-3-24(4-6-25)33-12-21-9-22(13-33)15-34(14-21,20-33)30(38)39/h3-8,21-23,37H,9-20,36H2,1-2H3,(H,38,39). The predicted octanol–water partition coefficient (Wildman–Crippen LogP) is 7.94. The van der Waals surface area contributed by atoms with E-state index in [-0.39, 0.29) is 16.6 Å². The smallest absolute Gasteiger partial charge is 0.309 e. The molecule has 8 aliphatic rings. The van der Waals surface area contributed by atoms with Crippen molar-refractivity contribution in [3.8, 4) is 17.2 Å². The molecular formula is C35H43NO4. The van der Waals surface area contributed by atoms with Crippen LogP contribution in [0, 0.1) is 34.0 Å². The van der Waals surface area contributed by atoms with Crippen LogP contribution in [-0.2, 0) is 15.6 Å². The van der Waals surface area contributed by atoms with Gasteiger partial charge in [-0.2, -0.15) is 0 Å². The number of hydrogen-bond acceptors (Lipinski definition) is 4. The van der Waals surface area contributed by atoms with Crippen molar-refractivity contribution in [2.45, 2.75) is 102 Å². The van der Waals surface area contributed by atoms with Gasteiger partial charge in [-0.3, -0.25) is 4.79 Å². The molecule has 4 unspecified atom stereocenters. The van der Waals surface area contributed by atoms with Gasteiger partial charge in [-0.05, 0) is 141 Å². The van der Waals surface area contributed by atoms with E-state index in [2.05, 4.69) is 38.1 Å². The van der Waals surface area contributed by atoms with Crippen molar-refractivity contribution < 1.29 is 19.7 Å². The predicted molar refractivity (Wildman–Crippen MR) is 155 cm³/mol. The van der Waals surface area contributed by atoms with E-state index >= 15 is 0 Å². The summed E-state index contributed by atoms with van der Waals surface area (Å²) >= 11 is 0. The van der Waals surface area contributed by atoms with Gasteiger partial charge in [0.1, 0.15) is 17.2 Å². The van der Waals surface area contributed by atoms with Gasteiger partial charge in [-0.15, -0.1) is 0 Å². The third-order valence-corrected chi connectivity index (χ3v) is 12.5. The van der Waals surface area contributed by atoms with Crippen LogP contribution in [0.15, 0.2) is 36.4 Å². The fourth-order valence-electron chi connectivity index (χ4n) is 12.8. The van der Waals surface area contributed by atoms with Gasteiger partial charge in [0.25, 0.3) is 0 Å². The van der Waals surface area contributed by atoms with Crippen LogP contribution in [0.4, 0.5) is 5.69 Å². The molecule has 0 amide bonds. The fraction of sp³-hybridized carbons (Fsp3) is 0.629. The van der Waals surface area contributed by atoms with Crippen LogP contribution in [0.2, 0.25) is 0 Å². The molecule has 0 spiro atoms. The lowest BCUT2D eigenvalue weighted by Gasteiger charge is -2.65. The molecule has 10 rings (SSSR count). The summed E-state index contributed by atoms with van der Waals surface area (Å²) in [7, 11) is 0. The molecule has 8 fully saturated rings. The summed E-state index contributed by atoms with van der Waals surface area (Å²) in [6.45, 7) is 4.90. The Morgan fingerprint density at radius 1 is 0.800 bits per heavy atom. The lowest BCUT2D eigenvalue weighted by Crippen LogP contribution is -2.56. The highest BCUT2D eigenvalue weighted by molar-refractivity contribution is 5.76. The van der Waals surface area contributed by atoms with Gasteiger partial charge in [0, 0.05) is 11.0 Å². The van der Waals surface area contributed by atoms with Crippen molar-refractivity contribution in [3.63, 3.8) is 0 Å². The number of phenols is 1.